The third kappa shape index (κ3) is 2.40. The third-order valence-electron chi connectivity index (χ3n) is 3.15. The molecule has 4 nitrogen and oxygen atoms in total. The fourth-order valence-electron chi connectivity index (χ4n) is 2.12. The molecule has 4 heteroatoms. The fraction of sp³-hybridized carbons (Fsp3) is 0.125. The molecule has 0 radical (unpaired) electrons. The van der Waals surface area contributed by atoms with Crippen LogP contribution >= 0.6 is 0 Å². The topological polar surface area (TPSA) is 61.0 Å². The zero-order valence-electron chi connectivity index (χ0n) is 11.2. The number of benzene rings is 1. The number of fused-ring (bicyclic) bond motifs is 1. The maximum atomic E-state index is 5.85. The zero-order chi connectivity index (χ0) is 13.9. The number of ether oxygens (including phenoxy) is 1. The lowest BCUT2D eigenvalue weighted by atomic mass is 10.1. The maximum Gasteiger partial charge on any atom is 0.166 e. The molecule has 2 aromatic heterocycles. The van der Waals surface area contributed by atoms with Crippen LogP contribution in [0.25, 0.3) is 10.9 Å². The van der Waals surface area contributed by atoms with Crippen LogP contribution in [-0.2, 0) is 6.61 Å². The summed E-state index contributed by atoms with van der Waals surface area (Å²) in [6.07, 6.45) is 1.79. The lowest BCUT2D eigenvalue weighted by molar-refractivity contribution is 0.308. The van der Waals surface area contributed by atoms with Crippen molar-refractivity contribution in [3.8, 4) is 5.75 Å². The normalized spacial score (nSPS) is 10.7. The summed E-state index contributed by atoms with van der Waals surface area (Å²) in [6, 6.07) is 13.7. The molecule has 0 aliphatic carbocycles. The van der Waals surface area contributed by atoms with Crippen molar-refractivity contribution in [2.75, 3.05) is 5.73 Å². The predicted molar refractivity (Wildman–Crippen MR) is 79.5 cm³/mol. The Morgan fingerprint density at radius 3 is 2.80 bits per heavy atom. The van der Waals surface area contributed by atoms with Crippen molar-refractivity contribution in [2.24, 2.45) is 0 Å². The molecule has 0 aliphatic rings. The highest BCUT2D eigenvalue weighted by Gasteiger charge is 2.05. The Kier molecular flexibility index (Phi) is 3.21. The van der Waals surface area contributed by atoms with Gasteiger partial charge in [0, 0.05) is 22.8 Å². The van der Waals surface area contributed by atoms with E-state index in [-0.39, 0.29) is 0 Å². The molecule has 0 fully saturated rings. The number of rotatable bonds is 3. The predicted octanol–water partition coefficient (Wildman–Crippen LogP) is 3.10. The van der Waals surface area contributed by atoms with Crippen LogP contribution in [0.5, 0.6) is 5.75 Å². The van der Waals surface area contributed by atoms with Gasteiger partial charge in [-0.1, -0.05) is 18.2 Å². The fourth-order valence-corrected chi connectivity index (χ4v) is 2.12. The van der Waals surface area contributed by atoms with Crippen LogP contribution in [0, 0.1) is 6.92 Å². The van der Waals surface area contributed by atoms with Crippen molar-refractivity contribution in [1.29, 1.82) is 0 Å². The molecule has 2 N–H and O–H groups in total. The van der Waals surface area contributed by atoms with Crippen LogP contribution in [-0.4, -0.2) is 9.97 Å². The highest BCUT2D eigenvalue weighted by Crippen LogP contribution is 2.22. The second-order valence-corrected chi connectivity index (χ2v) is 4.61. The first-order valence-corrected chi connectivity index (χ1v) is 6.42. The van der Waals surface area contributed by atoms with E-state index in [1.165, 1.54) is 0 Å². The van der Waals surface area contributed by atoms with E-state index in [0.717, 1.165) is 22.2 Å². The van der Waals surface area contributed by atoms with E-state index in [0.29, 0.717) is 18.2 Å². The van der Waals surface area contributed by atoms with E-state index in [4.69, 9.17) is 10.5 Å². The summed E-state index contributed by atoms with van der Waals surface area (Å²) in [5, 5.41) is 1.09. The highest BCUT2D eigenvalue weighted by molar-refractivity contribution is 5.81. The number of anilines is 1. The second-order valence-electron chi connectivity index (χ2n) is 4.61. The molecule has 20 heavy (non-hydrogen) atoms. The number of para-hydroxylation sites is 1. The first-order chi connectivity index (χ1) is 9.74. The number of nitrogens with two attached hydrogens (primary N) is 1. The molecule has 0 bridgehead atoms. The minimum atomic E-state index is 0.420. The Labute approximate surface area is 117 Å². The van der Waals surface area contributed by atoms with E-state index < -0.39 is 0 Å². The quantitative estimate of drug-likeness (QED) is 0.790. The first kappa shape index (κ1) is 12.4. The lowest BCUT2D eigenvalue weighted by Crippen LogP contribution is -2.02. The molecule has 0 unspecified atom stereocenters. The number of hydrogen-bond donors (Lipinski definition) is 1. The minimum Gasteiger partial charge on any atom is -0.485 e. The van der Waals surface area contributed by atoms with Gasteiger partial charge >= 0.3 is 0 Å². The molecule has 0 aliphatic heterocycles. The summed E-state index contributed by atoms with van der Waals surface area (Å²) in [6.45, 7) is 2.34. The molecule has 0 spiro atoms. The van der Waals surface area contributed by atoms with Gasteiger partial charge in [0.2, 0.25) is 0 Å². The second kappa shape index (κ2) is 5.17. The van der Waals surface area contributed by atoms with Crippen molar-refractivity contribution in [3.63, 3.8) is 0 Å². The Morgan fingerprint density at radius 1 is 1.10 bits per heavy atom. The molecule has 3 rings (SSSR count). The monoisotopic (exact) mass is 265 g/mol. The van der Waals surface area contributed by atoms with Crippen molar-refractivity contribution in [2.45, 2.75) is 13.5 Å². The van der Waals surface area contributed by atoms with Crippen LogP contribution in [0.4, 0.5) is 5.82 Å². The molecule has 100 valence electrons. The van der Waals surface area contributed by atoms with Gasteiger partial charge in [-0.3, -0.25) is 4.98 Å². The zero-order valence-corrected chi connectivity index (χ0v) is 11.2. The van der Waals surface area contributed by atoms with E-state index in [1.54, 1.807) is 6.20 Å². The molecular formula is C16H15N3O. The summed E-state index contributed by atoms with van der Waals surface area (Å²) in [5.41, 5.74) is 8.77. The molecular weight excluding hydrogens is 250 g/mol. The largest absolute Gasteiger partial charge is 0.485 e. The van der Waals surface area contributed by atoms with E-state index in [1.807, 2.05) is 49.4 Å². The molecule has 1 aromatic carbocycles. The average molecular weight is 265 g/mol. The summed E-state index contributed by atoms with van der Waals surface area (Å²) in [5.74, 6) is 1.03. The number of hydrogen-bond acceptors (Lipinski definition) is 4. The summed E-state index contributed by atoms with van der Waals surface area (Å²) in [7, 11) is 0. The van der Waals surface area contributed by atoms with E-state index >= 15 is 0 Å². The third-order valence-corrected chi connectivity index (χ3v) is 3.15. The highest BCUT2D eigenvalue weighted by atomic mass is 16.5. The number of pyridine rings is 2. The van der Waals surface area contributed by atoms with Gasteiger partial charge in [-0.25, -0.2) is 4.98 Å². The van der Waals surface area contributed by atoms with Gasteiger partial charge < -0.3 is 10.5 Å². The van der Waals surface area contributed by atoms with Crippen LogP contribution in [0.1, 0.15) is 11.3 Å². The number of aromatic nitrogens is 2. The van der Waals surface area contributed by atoms with E-state index in [9.17, 15) is 0 Å². The van der Waals surface area contributed by atoms with Crippen molar-refractivity contribution >= 4 is 16.7 Å². The van der Waals surface area contributed by atoms with Gasteiger partial charge in [-0.15, -0.1) is 0 Å². The Morgan fingerprint density at radius 2 is 1.95 bits per heavy atom. The summed E-state index contributed by atoms with van der Waals surface area (Å²) < 4.78 is 5.77. The van der Waals surface area contributed by atoms with Gasteiger partial charge in [-0.2, -0.15) is 0 Å². The molecule has 0 saturated carbocycles. The minimum absolute atomic E-state index is 0.420. The standard InChI is InChI=1S/C16H15N3O/c1-11-6-7-15(16(17)19-11)20-10-12-8-9-18-14-5-3-2-4-13(12)14/h2-9H,10H2,1H3,(H2,17,19). The van der Waals surface area contributed by atoms with Crippen LogP contribution < -0.4 is 10.5 Å². The number of aryl methyl sites for hydroxylation is 1. The van der Waals surface area contributed by atoms with Gasteiger partial charge in [-0.05, 0) is 31.2 Å². The molecule has 3 aromatic rings. The van der Waals surface area contributed by atoms with Crippen LogP contribution in [0.15, 0.2) is 48.7 Å². The van der Waals surface area contributed by atoms with E-state index in [2.05, 4.69) is 9.97 Å². The number of nitrogen functional groups attached to an aromatic ring is 1. The van der Waals surface area contributed by atoms with Crippen LogP contribution in [0.3, 0.4) is 0 Å². The van der Waals surface area contributed by atoms with Crippen molar-refractivity contribution in [1.82, 2.24) is 9.97 Å². The maximum absolute atomic E-state index is 5.85. The summed E-state index contributed by atoms with van der Waals surface area (Å²) in [4.78, 5) is 8.52. The van der Waals surface area contributed by atoms with Crippen LogP contribution in [0.2, 0.25) is 0 Å². The number of nitrogens with zero attached hydrogens (tertiary/aromatic N) is 2. The van der Waals surface area contributed by atoms with Gasteiger partial charge in [0.1, 0.15) is 6.61 Å². The Bertz CT molecular complexity index is 750. The Balaban J connectivity index is 1.87. The van der Waals surface area contributed by atoms with Gasteiger partial charge in [0.15, 0.2) is 11.6 Å². The molecule has 0 saturated heterocycles. The average Bonchev–Trinajstić information content (AvgIpc) is 2.46. The van der Waals surface area contributed by atoms with Gasteiger partial charge in [0.25, 0.3) is 0 Å². The molecule has 0 amide bonds. The lowest BCUT2D eigenvalue weighted by Gasteiger charge is -2.10. The van der Waals surface area contributed by atoms with Gasteiger partial charge in [0.05, 0.1) is 5.52 Å². The SMILES string of the molecule is Cc1ccc(OCc2ccnc3ccccc23)c(N)n1. The van der Waals surface area contributed by atoms with Crippen molar-refractivity contribution in [3.05, 3.63) is 59.9 Å². The summed E-state index contributed by atoms with van der Waals surface area (Å²) >= 11 is 0. The first-order valence-electron chi connectivity index (χ1n) is 6.42. The van der Waals surface area contributed by atoms with Crippen molar-refractivity contribution < 1.29 is 4.74 Å². The molecule has 2 heterocycles. The Hall–Kier alpha value is -2.62. The molecule has 0 atom stereocenters. The smallest absolute Gasteiger partial charge is 0.166 e.